The molecule has 0 spiro atoms. The number of hydrogen-bond donors (Lipinski definition) is 1. The number of amides is 1. The second kappa shape index (κ2) is 9.27. The standard InChI is InChI=1S/C18H28N2O6S/c1-5-27(22,23)20-8-6-7-14(12-20)18(21)19-11-13-9-15(24-2)17(26-4)16(10-13)25-3/h9-10,14H,5-8,11-12H2,1-4H3,(H,19,21). The molecular weight excluding hydrogens is 372 g/mol. The van der Waals surface area contributed by atoms with Crippen molar-refractivity contribution < 1.29 is 27.4 Å². The summed E-state index contributed by atoms with van der Waals surface area (Å²) in [6, 6.07) is 3.55. The van der Waals surface area contributed by atoms with E-state index in [1.54, 1.807) is 19.1 Å². The predicted molar refractivity (Wildman–Crippen MR) is 102 cm³/mol. The third kappa shape index (κ3) is 5.04. The zero-order valence-corrected chi connectivity index (χ0v) is 17.1. The van der Waals surface area contributed by atoms with Crippen LogP contribution in [-0.2, 0) is 21.4 Å². The van der Waals surface area contributed by atoms with E-state index in [0.29, 0.717) is 36.6 Å². The summed E-state index contributed by atoms with van der Waals surface area (Å²) in [5, 5.41) is 2.89. The lowest BCUT2D eigenvalue weighted by Gasteiger charge is -2.30. The molecule has 1 N–H and O–H groups in total. The monoisotopic (exact) mass is 400 g/mol. The van der Waals surface area contributed by atoms with E-state index in [1.165, 1.54) is 25.6 Å². The fourth-order valence-electron chi connectivity index (χ4n) is 3.16. The van der Waals surface area contributed by atoms with Gasteiger partial charge < -0.3 is 19.5 Å². The Balaban J connectivity index is 2.05. The van der Waals surface area contributed by atoms with Gasteiger partial charge in [-0.15, -0.1) is 0 Å². The molecule has 1 heterocycles. The first-order chi connectivity index (χ1) is 12.9. The van der Waals surface area contributed by atoms with E-state index in [2.05, 4.69) is 5.32 Å². The summed E-state index contributed by atoms with van der Waals surface area (Å²) in [4.78, 5) is 12.5. The van der Waals surface area contributed by atoms with Crippen molar-refractivity contribution in [2.45, 2.75) is 26.3 Å². The SMILES string of the molecule is CCS(=O)(=O)N1CCCC(C(=O)NCc2cc(OC)c(OC)c(OC)c2)C1. The number of rotatable bonds is 8. The second-order valence-electron chi connectivity index (χ2n) is 6.35. The number of methoxy groups -OCH3 is 3. The van der Waals surface area contributed by atoms with Crippen molar-refractivity contribution in [1.82, 2.24) is 9.62 Å². The quantitative estimate of drug-likeness (QED) is 0.709. The number of hydrogen-bond acceptors (Lipinski definition) is 6. The zero-order chi connectivity index (χ0) is 20.0. The first-order valence-corrected chi connectivity index (χ1v) is 10.5. The van der Waals surface area contributed by atoms with Crippen molar-refractivity contribution in [2.75, 3.05) is 40.2 Å². The largest absolute Gasteiger partial charge is 0.493 e. The van der Waals surface area contributed by atoms with Crippen LogP contribution in [0, 0.1) is 5.92 Å². The lowest BCUT2D eigenvalue weighted by molar-refractivity contribution is -0.126. The number of piperidine rings is 1. The molecule has 0 aliphatic carbocycles. The molecule has 0 aromatic heterocycles. The zero-order valence-electron chi connectivity index (χ0n) is 16.3. The van der Waals surface area contributed by atoms with Crippen LogP contribution in [0.4, 0.5) is 0 Å². The Bertz CT molecular complexity index is 740. The van der Waals surface area contributed by atoms with Crippen molar-refractivity contribution in [3.05, 3.63) is 17.7 Å². The van der Waals surface area contributed by atoms with E-state index in [1.807, 2.05) is 0 Å². The minimum absolute atomic E-state index is 0.0484. The van der Waals surface area contributed by atoms with Gasteiger partial charge in [0.2, 0.25) is 21.7 Å². The van der Waals surface area contributed by atoms with Gasteiger partial charge in [-0.05, 0) is 37.5 Å². The Morgan fingerprint density at radius 2 is 1.81 bits per heavy atom. The minimum atomic E-state index is -3.27. The number of ether oxygens (including phenoxy) is 3. The Hall–Kier alpha value is -2.00. The van der Waals surface area contributed by atoms with E-state index in [9.17, 15) is 13.2 Å². The van der Waals surface area contributed by atoms with Crippen molar-refractivity contribution in [1.29, 1.82) is 0 Å². The molecule has 1 unspecified atom stereocenters. The van der Waals surface area contributed by atoms with Crippen LogP contribution in [-0.4, -0.2) is 58.8 Å². The summed E-state index contributed by atoms with van der Waals surface area (Å²) in [6.45, 7) is 2.61. The Morgan fingerprint density at radius 1 is 1.19 bits per heavy atom. The van der Waals surface area contributed by atoms with Crippen molar-refractivity contribution >= 4 is 15.9 Å². The Kier molecular flexibility index (Phi) is 7.32. The van der Waals surface area contributed by atoms with Crippen LogP contribution in [0.25, 0.3) is 0 Å². The third-order valence-electron chi connectivity index (χ3n) is 4.70. The van der Waals surface area contributed by atoms with Crippen LogP contribution in [0.5, 0.6) is 17.2 Å². The van der Waals surface area contributed by atoms with Crippen LogP contribution in [0.1, 0.15) is 25.3 Å². The highest BCUT2D eigenvalue weighted by Gasteiger charge is 2.31. The Labute approximate surface area is 160 Å². The summed E-state index contributed by atoms with van der Waals surface area (Å²) in [6.07, 6.45) is 1.36. The molecule has 1 amide bonds. The molecule has 27 heavy (non-hydrogen) atoms. The first-order valence-electron chi connectivity index (χ1n) is 8.90. The van der Waals surface area contributed by atoms with Gasteiger partial charge in [-0.2, -0.15) is 0 Å². The number of benzene rings is 1. The van der Waals surface area contributed by atoms with E-state index in [0.717, 1.165) is 5.56 Å². The average Bonchev–Trinajstić information content (AvgIpc) is 2.70. The lowest BCUT2D eigenvalue weighted by Crippen LogP contribution is -2.45. The third-order valence-corrected chi connectivity index (χ3v) is 6.55. The highest BCUT2D eigenvalue weighted by molar-refractivity contribution is 7.89. The normalized spacial score (nSPS) is 18.0. The van der Waals surface area contributed by atoms with Crippen molar-refractivity contribution in [3.63, 3.8) is 0 Å². The fourth-order valence-corrected chi connectivity index (χ4v) is 4.34. The molecule has 0 radical (unpaired) electrons. The maximum atomic E-state index is 12.5. The van der Waals surface area contributed by atoms with Gasteiger partial charge in [0, 0.05) is 19.6 Å². The highest BCUT2D eigenvalue weighted by Crippen LogP contribution is 2.38. The van der Waals surface area contributed by atoms with Gasteiger partial charge in [0.15, 0.2) is 11.5 Å². The molecule has 1 aromatic rings. The predicted octanol–water partition coefficient (Wildman–Crippen LogP) is 1.39. The summed E-state index contributed by atoms with van der Waals surface area (Å²) < 4.78 is 41.5. The second-order valence-corrected chi connectivity index (χ2v) is 8.61. The molecule has 152 valence electrons. The highest BCUT2D eigenvalue weighted by atomic mass is 32.2. The molecule has 2 rings (SSSR count). The molecule has 8 nitrogen and oxygen atoms in total. The summed E-state index contributed by atoms with van der Waals surface area (Å²) in [7, 11) is 1.32. The molecule has 9 heteroatoms. The maximum absolute atomic E-state index is 12.5. The van der Waals surface area contributed by atoms with Gasteiger partial charge in [0.1, 0.15) is 0 Å². The summed E-state index contributed by atoms with van der Waals surface area (Å²) in [5.41, 5.74) is 0.798. The Morgan fingerprint density at radius 3 is 2.33 bits per heavy atom. The van der Waals surface area contributed by atoms with Crippen LogP contribution in [0.3, 0.4) is 0 Å². The molecule has 1 aliphatic rings. The van der Waals surface area contributed by atoms with Gasteiger partial charge in [0.25, 0.3) is 0 Å². The van der Waals surface area contributed by atoms with Crippen LogP contribution < -0.4 is 19.5 Å². The molecular formula is C18H28N2O6S. The topological polar surface area (TPSA) is 94.2 Å². The molecule has 1 saturated heterocycles. The van der Waals surface area contributed by atoms with Crippen LogP contribution in [0.15, 0.2) is 12.1 Å². The van der Waals surface area contributed by atoms with Crippen LogP contribution >= 0.6 is 0 Å². The van der Waals surface area contributed by atoms with Crippen LogP contribution in [0.2, 0.25) is 0 Å². The number of sulfonamides is 1. The maximum Gasteiger partial charge on any atom is 0.224 e. The lowest BCUT2D eigenvalue weighted by atomic mass is 9.98. The fraction of sp³-hybridized carbons (Fsp3) is 0.611. The van der Waals surface area contributed by atoms with E-state index < -0.39 is 10.0 Å². The van der Waals surface area contributed by atoms with Gasteiger partial charge >= 0.3 is 0 Å². The summed E-state index contributed by atoms with van der Waals surface area (Å²) in [5.74, 6) is 1.06. The van der Waals surface area contributed by atoms with Gasteiger partial charge in [-0.3, -0.25) is 4.79 Å². The molecule has 1 aliphatic heterocycles. The van der Waals surface area contributed by atoms with E-state index >= 15 is 0 Å². The first kappa shape index (κ1) is 21.3. The molecule has 0 saturated carbocycles. The number of nitrogens with one attached hydrogen (secondary N) is 1. The summed E-state index contributed by atoms with van der Waals surface area (Å²) >= 11 is 0. The van der Waals surface area contributed by atoms with Gasteiger partial charge in [-0.1, -0.05) is 0 Å². The number of nitrogens with zero attached hydrogens (tertiary/aromatic N) is 1. The average molecular weight is 400 g/mol. The minimum Gasteiger partial charge on any atom is -0.493 e. The molecule has 1 fully saturated rings. The number of carbonyl (C=O) groups excluding carboxylic acids is 1. The van der Waals surface area contributed by atoms with Crippen molar-refractivity contribution in [2.24, 2.45) is 5.92 Å². The van der Waals surface area contributed by atoms with Gasteiger partial charge in [-0.25, -0.2) is 12.7 Å². The van der Waals surface area contributed by atoms with E-state index in [4.69, 9.17) is 14.2 Å². The molecule has 1 atom stereocenters. The molecule has 0 bridgehead atoms. The van der Waals surface area contributed by atoms with Gasteiger partial charge in [0.05, 0.1) is 33.0 Å². The van der Waals surface area contributed by atoms with E-state index in [-0.39, 0.29) is 30.7 Å². The number of carbonyl (C=O) groups is 1. The van der Waals surface area contributed by atoms with Crippen molar-refractivity contribution in [3.8, 4) is 17.2 Å². The smallest absolute Gasteiger partial charge is 0.224 e. The molecule has 1 aromatic carbocycles.